The number of rotatable bonds is 22. The second-order valence-electron chi connectivity index (χ2n) is 18.0. The highest BCUT2D eigenvalue weighted by Gasteiger charge is 2.25. The monoisotopic (exact) mass is 877 g/mol. The second kappa shape index (κ2) is 25.7. The number of nitrogens with zero attached hydrogens (tertiary/aromatic N) is 2. The molecule has 0 aliphatic heterocycles. The minimum Gasteiger partial charge on any atom is -0.489 e. The van der Waals surface area contributed by atoms with Gasteiger partial charge in [-0.1, -0.05) is 127 Å². The number of carboxylic acid groups (broad SMARTS) is 1. The molecule has 2 N–H and O–H groups in total. The summed E-state index contributed by atoms with van der Waals surface area (Å²) >= 11 is 0. The summed E-state index contributed by atoms with van der Waals surface area (Å²) in [4.78, 5) is 16.8. The van der Waals surface area contributed by atoms with E-state index in [1.807, 2.05) is 78.9 Å². The molecule has 7 nitrogen and oxygen atoms in total. The highest BCUT2D eigenvalue weighted by atomic mass is 16.5. The molecule has 0 heterocycles. The first-order chi connectivity index (χ1) is 31.4. The topological polar surface area (TPSA) is 82.5 Å². The van der Waals surface area contributed by atoms with Gasteiger partial charge in [0.25, 0.3) is 0 Å². The molecule has 0 fully saturated rings. The standard InChI is InChI=1S/C29H35NO3.C29H37NO2/c1-21(2)30(22(3)4)18-17-26(24-13-9-6-10-14-24)27-19-25(29(31)32)15-16-28(27)33-20-23-11-7-5-8-12-23;1-22(2)30(23(3)4)18-17-27(26-13-9-6-10-14-26)28-19-25(20-31)15-16-29(28)32-21-24-11-7-5-8-12-24/h5-16,19,21-22,26H,17-18,20H2,1-4H3,(H,31,32);5-16,19,22-23,27,31H,17-18,20-21H2,1-4H3/t26-;27-/m11/s1. The SMILES string of the molecule is CC(C)N(CC[C@H](c1ccccc1)c1cc(C(=O)O)ccc1OCc1ccccc1)C(C)C.CC(C)N(CC[C@H](c1ccccc1)c1cc(CO)ccc1OCc1ccccc1)C(C)C. The molecule has 0 bridgehead atoms. The Balaban J connectivity index is 0.000000244. The van der Waals surface area contributed by atoms with Crippen LogP contribution in [0.3, 0.4) is 0 Å². The van der Waals surface area contributed by atoms with Gasteiger partial charge in [-0.15, -0.1) is 0 Å². The summed E-state index contributed by atoms with van der Waals surface area (Å²) in [6.07, 6.45) is 1.85. The van der Waals surface area contributed by atoms with Gasteiger partial charge in [0.1, 0.15) is 24.7 Å². The summed E-state index contributed by atoms with van der Waals surface area (Å²) in [5.74, 6) is 0.910. The lowest BCUT2D eigenvalue weighted by Crippen LogP contribution is -2.38. The maximum Gasteiger partial charge on any atom is 0.335 e. The van der Waals surface area contributed by atoms with Crippen molar-refractivity contribution < 1.29 is 24.5 Å². The Hall–Kier alpha value is -5.73. The van der Waals surface area contributed by atoms with Gasteiger partial charge in [-0.3, -0.25) is 9.80 Å². The first-order valence-corrected chi connectivity index (χ1v) is 23.4. The molecule has 0 aliphatic rings. The Labute approximate surface area is 389 Å². The van der Waals surface area contributed by atoms with Crippen LogP contribution in [0.4, 0.5) is 0 Å². The lowest BCUT2D eigenvalue weighted by molar-refractivity contribution is 0.0696. The van der Waals surface area contributed by atoms with Gasteiger partial charge in [0, 0.05) is 47.1 Å². The fraction of sp³-hybridized carbons (Fsp3) is 0.362. The molecule has 0 unspecified atom stereocenters. The van der Waals surface area contributed by atoms with E-state index in [0.717, 1.165) is 70.8 Å². The van der Waals surface area contributed by atoms with Crippen molar-refractivity contribution in [1.29, 1.82) is 0 Å². The molecule has 344 valence electrons. The van der Waals surface area contributed by atoms with E-state index in [1.165, 1.54) is 5.56 Å². The van der Waals surface area contributed by atoms with Crippen molar-refractivity contribution >= 4 is 5.97 Å². The minimum absolute atomic E-state index is 0.0243. The van der Waals surface area contributed by atoms with Gasteiger partial charge in [-0.05, 0) is 139 Å². The van der Waals surface area contributed by atoms with E-state index >= 15 is 0 Å². The van der Waals surface area contributed by atoms with Crippen LogP contribution in [-0.2, 0) is 19.8 Å². The maximum atomic E-state index is 11.8. The van der Waals surface area contributed by atoms with Crippen molar-refractivity contribution in [2.75, 3.05) is 13.1 Å². The van der Waals surface area contributed by atoms with Gasteiger partial charge in [0.2, 0.25) is 0 Å². The third kappa shape index (κ3) is 15.2. The molecular weight excluding hydrogens is 805 g/mol. The van der Waals surface area contributed by atoms with Gasteiger partial charge >= 0.3 is 5.97 Å². The largest absolute Gasteiger partial charge is 0.489 e. The Kier molecular flexibility index (Phi) is 19.9. The van der Waals surface area contributed by atoms with E-state index in [9.17, 15) is 15.0 Å². The Morgan fingerprint density at radius 3 is 1.22 bits per heavy atom. The van der Waals surface area contributed by atoms with Gasteiger partial charge in [-0.2, -0.15) is 0 Å². The Morgan fingerprint density at radius 1 is 0.477 bits per heavy atom. The minimum atomic E-state index is -0.927. The van der Waals surface area contributed by atoms with E-state index in [1.54, 1.807) is 18.2 Å². The molecule has 6 aromatic carbocycles. The van der Waals surface area contributed by atoms with E-state index < -0.39 is 5.97 Å². The third-order valence-electron chi connectivity index (χ3n) is 12.1. The van der Waals surface area contributed by atoms with Crippen LogP contribution < -0.4 is 9.47 Å². The Bertz CT molecular complexity index is 2260. The molecular formula is C58H72N2O5. The average molecular weight is 877 g/mol. The predicted molar refractivity (Wildman–Crippen MR) is 267 cm³/mol. The highest BCUT2D eigenvalue weighted by Crippen LogP contribution is 2.38. The summed E-state index contributed by atoms with van der Waals surface area (Å²) in [5, 5.41) is 19.5. The molecule has 0 aliphatic carbocycles. The van der Waals surface area contributed by atoms with Crippen LogP contribution in [0.1, 0.15) is 129 Å². The number of aliphatic hydroxyl groups excluding tert-OH is 1. The first kappa shape index (κ1) is 50.3. The van der Waals surface area contributed by atoms with E-state index in [2.05, 4.69) is 126 Å². The number of aliphatic hydroxyl groups is 1. The number of benzene rings is 6. The summed E-state index contributed by atoms with van der Waals surface area (Å²) in [6, 6.07) is 54.4. The van der Waals surface area contributed by atoms with Crippen molar-refractivity contribution in [2.45, 2.75) is 124 Å². The van der Waals surface area contributed by atoms with Crippen LogP contribution >= 0.6 is 0 Å². The van der Waals surface area contributed by atoms with Crippen molar-refractivity contribution in [2.24, 2.45) is 0 Å². The van der Waals surface area contributed by atoms with Gasteiger partial charge in [0.15, 0.2) is 0 Å². The molecule has 2 atom stereocenters. The van der Waals surface area contributed by atoms with Crippen molar-refractivity contribution in [3.05, 3.63) is 202 Å². The van der Waals surface area contributed by atoms with Gasteiger partial charge < -0.3 is 19.7 Å². The molecule has 7 heteroatoms. The van der Waals surface area contributed by atoms with Crippen LogP contribution in [0.25, 0.3) is 0 Å². The molecule has 0 saturated heterocycles. The zero-order valence-electron chi connectivity index (χ0n) is 39.9. The molecule has 6 aromatic rings. The summed E-state index contributed by atoms with van der Waals surface area (Å²) < 4.78 is 12.6. The second-order valence-corrected chi connectivity index (χ2v) is 18.0. The van der Waals surface area contributed by atoms with E-state index in [-0.39, 0.29) is 24.0 Å². The van der Waals surface area contributed by atoms with Crippen LogP contribution in [0.5, 0.6) is 11.5 Å². The van der Waals surface area contributed by atoms with Crippen LogP contribution in [0, 0.1) is 0 Å². The number of hydrogen-bond acceptors (Lipinski definition) is 6. The third-order valence-corrected chi connectivity index (χ3v) is 12.1. The van der Waals surface area contributed by atoms with Crippen molar-refractivity contribution in [3.63, 3.8) is 0 Å². The average Bonchev–Trinajstić information content (AvgIpc) is 3.31. The quantitative estimate of drug-likeness (QED) is 0.0703. The molecule has 0 spiro atoms. The van der Waals surface area contributed by atoms with Crippen LogP contribution in [0.15, 0.2) is 158 Å². The zero-order chi connectivity index (χ0) is 46.7. The Morgan fingerprint density at radius 2 is 0.846 bits per heavy atom. The maximum absolute atomic E-state index is 11.8. The van der Waals surface area contributed by atoms with Crippen LogP contribution in [-0.4, -0.2) is 63.2 Å². The number of ether oxygens (including phenoxy) is 2. The molecule has 6 rings (SSSR count). The predicted octanol–water partition coefficient (Wildman–Crippen LogP) is 13.0. The summed E-state index contributed by atoms with van der Waals surface area (Å²) in [6.45, 7) is 20.8. The number of carbonyl (C=O) groups is 1. The molecule has 0 aromatic heterocycles. The number of hydrogen-bond donors (Lipinski definition) is 2. The highest BCUT2D eigenvalue weighted by molar-refractivity contribution is 5.88. The van der Waals surface area contributed by atoms with Crippen LogP contribution in [0.2, 0.25) is 0 Å². The molecule has 65 heavy (non-hydrogen) atoms. The fourth-order valence-electron chi connectivity index (χ4n) is 8.81. The first-order valence-electron chi connectivity index (χ1n) is 23.4. The summed E-state index contributed by atoms with van der Waals surface area (Å²) in [7, 11) is 0. The lowest BCUT2D eigenvalue weighted by Gasteiger charge is -2.32. The van der Waals surface area contributed by atoms with Gasteiger partial charge in [-0.25, -0.2) is 4.79 Å². The molecule has 0 saturated carbocycles. The molecule has 0 radical (unpaired) electrons. The fourth-order valence-corrected chi connectivity index (χ4v) is 8.81. The zero-order valence-corrected chi connectivity index (χ0v) is 39.9. The number of aromatic carboxylic acids is 1. The molecule has 0 amide bonds. The smallest absolute Gasteiger partial charge is 0.335 e. The van der Waals surface area contributed by atoms with E-state index in [4.69, 9.17) is 9.47 Å². The van der Waals surface area contributed by atoms with Crippen molar-refractivity contribution in [1.82, 2.24) is 9.80 Å². The lowest BCUT2D eigenvalue weighted by atomic mass is 9.86. The van der Waals surface area contributed by atoms with Crippen molar-refractivity contribution in [3.8, 4) is 11.5 Å². The normalized spacial score (nSPS) is 12.4. The van der Waals surface area contributed by atoms with Gasteiger partial charge in [0.05, 0.1) is 12.2 Å². The summed E-state index contributed by atoms with van der Waals surface area (Å²) in [5.41, 5.74) is 7.92. The number of carboxylic acids is 1. The van der Waals surface area contributed by atoms with E-state index in [0.29, 0.717) is 37.4 Å².